The van der Waals surface area contributed by atoms with E-state index in [-0.39, 0.29) is 35.7 Å². The number of fused-ring (bicyclic) bond motifs is 1. The molecule has 0 spiro atoms. The second-order valence-corrected chi connectivity index (χ2v) is 7.14. The molecule has 6 heteroatoms. The normalized spacial score (nSPS) is 13.8. The van der Waals surface area contributed by atoms with Gasteiger partial charge in [-0.15, -0.1) is 0 Å². The summed E-state index contributed by atoms with van der Waals surface area (Å²) in [5, 5.41) is 0.919. The van der Waals surface area contributed by atoms with E-state index in [2.05, 4.69) is 9.97 Å². The van der Waals surface area contributed by atoms with Crippen LogP contribution in [0.25, 0.3) is 11.0 Å². The van der Waals surface area contributed by atoms with Crippen molar-refractivity contribution < 1.29 is 9.59 Å². The Kier molecular flexibility index (Phi) is 4.48. The third-order valence-corrected chi connectivity index (χ3v) is 5.08. The Morgan fingerprint density at radius 2 is 2.11 bits per heavy atom. The van der Waals surface area contributed by atoms with E-state index in [1.165, 1.54) is 10.6 Å². The summed E-state index contributed by atoms with van der Waals surface area (Å²) in [5.41, 5.74) is 1.81. The molecule has 1 N–H and O–H groups in total. The molecule has 3 aromatic heterocycles. The highest BCUT2D eigenvalue weighted by atomic mass is 16.1. The number of carbonyl (C=O) groups is 2. The highest BCUT2D eigenvalue weighted by Crippen LogP contribution is 2.33. The maximum atomic E-state index is 12.8. The van der Waals surface area contributed by atoms with Crippen LogP contribution < -0.4 is 5.56 Å². The molecule has 0 radical (unpaired) electrons. The van der Waals surface area contributed by atoms with Gasteiger partial charge in [-0.2, -0.15) is 0 Å². The van der Waals surface area contributed by atoms with Crippen molar-refractivity contribution in [3.8, 4) is 0 Å². The lowest BCUT2D eigenvalue weighted by Crippen LogP contribution is -2.28. The number of rotatable bonds is 7. The van der Waals surface area contributed by atoms with Crippen molar-refractivity contribution >= 4 is 22.6 Å². The summed E-state index contributed by atoms with van der Waals surface area (Å²) in [6.07, 6.45) is 7.97. The van der Waals surface area contributed by atoms with E-state index in [1.807, 2.05) is 18.3 Å². The van der Waals surface area contributed by atoms with Crippen molar-refractivity contribution in [2.24, 2.45) is 5.92 Å². The molecule has 0 aliphatic heterocycles. The van der Waals surface area contributed by atoms with Crippen molar-refractivity contribution in [1.82, 2.24) is 14.5 Å². The first-order chi connectivity index (χ1) is 13.1. The molecule has 4 rings (SSSR count). The summed E-state index contributed by atoms with van der Waals surface area (Å²) in [6.45, 7) is 2.00. The molecule has 0 amide bonds. The molecule has 0 unspecified atom stereocenters. The molecular weight excluding hydrogens is 342 g/mol. The van der Waals surface area contributed by atoms with Crippen LogP contribution in [-0.2, 0) is 6.54 Å². The molecule has 1 fully saturated rings. The van der Waals surface area contributed by atoms with E-state index in [4.69, 9.17) is 0 Å². The Morgan fingerprint density at radius 1 is 1.30 bits per heavy atom. The Balaban J connectivity index is 1.76. The summed E-state index contributed by atoms with van der Waals surface area (Å²) in [6, 6.07) is 5.25. The van der Waals surface area contributed by atoms with E-state index < -0.39 is 0 Å². The number of H-pyrrole nitrogens is 1. The third-order valence-electron chi connectivity index (χ3n) is 5.08. The summed E-state index contributed by atoms with van der Waals surface area (Å²) >= 11 is 0. The van der Waals surface area contributed by atoms with Crippen LogP contribution in [0, 0.1) is 5.92 Å². The molecule has 3 aromatic rings. The second kappa shape index (κ2) is 6.95. The smallest absolute Gasteiger partial charge is 0.261 e. The van der Waals surface area contributed by atoms with Crippen LogP contribution in [-0.4, -0.2) is 26.1 Å². The minimum absolute atomic E-state index is 0.00278. The average molecular weight is 363 g/mol. The standard InChI is InChI=1S/C21H21N3O3/c1-2-18(25)17-9-14(19(26)8-13-5-6-13)11-24(21(17)27)12-15-10-23-20-16(15)4-3-7-22-20/h3-4,7,9-11,13H,2,5-6,8,12H2,1H3,(H,22,23). The van der Waals surface area contributed by atoms with Crippen molar-refractivity contribution in [3.63, 3.8) is 0 Å². The fourth-order valence-electron chi connectivity index (χ4n) is 3.32. The van der Waals surface area contributed by atoms with Crippen LogP contribution in [0.5, 0.6) is 0 Å². The third kappa shape index (κ3) is 3.47. The molecule has 0 saturated heterocycles. The summed E-state index contributed by atoms with van der Waals surface area (Å²) in [5.74, 6) is 0.204. The number of aromatic nitrogens is 3. The Hall–Kier alpha value is -3.02. The first-order valence-electron chi connectivity index (χ1n) is 9.28. The molecule has 1 saturated carbocycles. The van der Waals surface area contributed by atoms with Crippen LogP contribution in [0.2, 0.25) is 0 Å². The van der Waals surface area contributed by atoms with Crippen molar-refractivity contribution in [1.29, 1.82) is 0 Å². The zero-order valence-electron chi connectivity index (χ0n) is 15.2. The zero-order valence-corrected chi connectivity index (χ0v) is 15.2. The molecule has 3 heterocycles. The van der Waals surface area contributed by atoms with Crippen LogP contribution in [0.3, 0.4) is 0 Å². The molecule has 1 aliphatic rings. The van der Waals surface area contributed by atoms with Gasteiger partial charge in [-0.05, 0) is 42.5 Å². The minimum atomic E-state index is -0.358. The number of hydrogen-bond acceptors (Lipinski definition) is 4. The van der Waals surface area contributed by atoms with Gasteiger partial charge in [0, 0.05) is 42.4 Å². The van der Waals surface area contributed by atoms with Gasteiger partial charge in [0.15, 0.2) is 11.6 Å². The molecule has 138 valence electrons. The average Bonchev–Trinajstić information content (AvgIpc) is 3.41. The van der Waals surface area contributed by atoms with Crippen LogP contribution in [0.1, 0.15) is 58.9 Å². The van der Waals surface area contributed by atoms with Gasteiger partial charge in [0.25, 0.3) is 5.56 Å². The van der Waals surface area contributed by atoms with Gasteiger partial charge < -0.3 is 9.55 Å². The number of ketones is 2. The lowest BCUT2D eigenvalue weighted by molar-refractivity contribution is 0.0975. The monoisotopic (exact) mass is 363 g/mol. The number of pyridine rings is 2. The van der Waals surface area contributed by atoms with Gasteiger partial charge in [-0.3, -0.25) is 14.4 Å². The Bertz CT molecular complexity index is 1090. The summed E-state index contributed by atoms with van der Waals surface area (Å²) < 4.78 is 1.47. The van der Waals surface area contributed by atoms with E-state index in [0.717, 1.165) is 29.4 Å². The highest BCUT2D eigenvalue weighted by molar-refractivity contribution is 6.01. The molecule has 0 atom stereocenters. The van der Waals surface area contributed by atoms with Crippen molar-refractivity contribution in [3.05, 3.63) is 63.8 Å². The maximum absolute atomic E-state index is 12.8. The largest absolute Gasteiger partial charge is 0.346 e. The first kappa shape index (κ1) is 17.4. The lowest BCUT2D eigenvalue weighted by Gasteiger charge is -2.11. The van der Waals surface area contributed by atoms with Gasteiger partial charge in [0.05, 0.1) is 12.1 Å². The molecule has 0 aromatic carbocycles. The Labute approximate surface area is 156 Å². The predicted octanol–water partition coefficient (Wildman–Crippen LogP) is 3.35. The van der Waals surface area contributed by atoms with Crippen molar-refractivity contribution in [2.45, 2.75) is 39.2 Å². The zero-order chi connectivity index (χ0) is 19.0. The van der Waals surface area contributed by atoms with E-state index in [9.17, 15) is 14.4 Å². The van der Waals surface area contributed by atoms with Gasteiger partial charge in [-0.1, -0.05) is 6.92 Å². The van der Waals surface area contributed by atoms with Crippen LogP contribution in [0.15, 0.2) is 41.6 Å². The van der Waals surface area contributed by atoms with E-state index in [1.54, 1.807) is 19.3 Å². The molecular formula is C21H21N3O3. The van der Waals surface area contributed by atoms with E-state index >= 15 is 0 Å². The molecule has 0 bridgehead atoms. The number of Topliss-reactive ketones (excluding diaryl/α,β-unsaturated/α-hetero) is 2. The van der Waals surface area contributed by atoms with Crippen molar-refractivity contribution in [2.75, 3.05) is 0 Å². The SMILES string of the molecule is CCC(=O)c1cc(C(=O)CC2CC2)cn(Cc2c[nH]c3ncccc23)c1=O. The lowest BCUT2D eigenvalue weighted by atomic mass is 10.0. The van der Waals surface area contributed by atoms with Gasteiger partial charge in [0.2, 0.25) is 0 Å². The fraction of sp³-hybridized carbons (Fsp3) is 0.333. The van der Waals surface area contributed by atoms with E-state index in [0.29, 0.717) is 17.9 Å². The molecule has 27 heavy (non-hydrogen) atoms. The minimum Gasteiger partial charge on any atom is -0.346 e. The second-order valence-electron chi connectivity index (χ2n) is 7.14. The number of hydrogen-bond donors (Lipinski definition) is 1. The first-order valence-corrected chi connectivity index (χ1v) is 9.28. The maximum Gasteiger partial charge on any atom is 0.261 e. The number of nitrogens with one attached hydrogen (secondary N) is 1. The fourth-order valence-corrected chi connectivity index (χ4v) is 3.32. The highest BCUT2D eigenvalue weighted by Gasteiger charge is 2.26. The summed E-state index contributed by atoms with van der Waals surface area (Å²) in [7, 11) is 0. The number of carbonyl (C=O) groups excluding carboxylic acids is 2. The Morgan fingerprint density at radius 3 is 2.85 bits per heavy atom. The van der Waals surface area contributed by atoms with Gasteiger partial charge in [0.1, 0.15) is 5.65 Å². The number of nitrogens with zero attached hydrogens (tertiary/aromatic N) is 2. The van der Waals surface area contributed by atoms with Gasteiger partial charge >= 0.3 is 0 Å². The van der Waals surface area contributed by atoms with Crippen LogP contribution >= 0.6 is 0 Å². The molecule has 6 nitrogen and oxygen atoms in total. The quantitative estimate of drug-likeness (QED) is 0.652. The number of aromatic amines is 1. The molecule has 1 aliphatic carbocycles. The predicted molar refractivity (Wildman–Crippen MR) is 102 cm³/mol. The van der Waals surface area contributed by atoms with Gasteiger partial charge in [-0.25, -0.2) is 4.98 Å². The van der Waals surface area contributed by atoms with Crippen LogP contribution in [0.4, 0.5) is 0 Å². The summed E-state index contributed by atoms with van der Waals surface area (Å²) in [4.78, 5) is 45.1. The topological polar surface area (TPSA) is 84.8 Å².